The molecule has 1 aromatic carbocycles. The molecule has 1 fully saturated rings. The Hall–Kier alpha value is -0.770. The second-order valence-electron chi connectivity index (χ2n) is 4.25. The molecule has 0 spiro atoms. The number of nitrogens with one attached hydrogen (secondary N) is 1. The van der Waals surface area contributed by atoms with Crippen molar-refractivity contribution < 1.29 is 5.48 Å². The van der Waals surface area contributed by atoms with Gasteiger partial charge in [0.05, 0.1) is 6.04 Å². The highest BCUT2D eigenvalue weighted by atomic mass is 35.5. The highest BCUT2D eigenvalue weighted by Gasteiger charge is 2.27. The van der Waals surface area contributed by atoms with Gasteiger partial charge >= 0.3 is 0 Å². The maximum atomic E-state index is 3.52. The summed E-state index contributed by atoms with van der Waals surface area (Å²) >= 11 is 0. The molecular formula is C12H21ClN2O. The highest BCUT2D eigenvalue weighted by Crippen LogP contribution is 2.16. The number of likely N-dealkylation sites (tertiary alicyclic amines) is 1. The summed E-state index contributed by atoms with van der Waals surface area (Å²) in [6, 6.07) is 11.8. The Kier molecular flexibility index (Phi) is 6.41. The second-order valence-corrected chi connectivity index (χ2v) is 4.25. The number of halogens is 1. The minimum Gasteiger partial charge on any atom is -0.412 e. The van der Waals surface area contributed by atoms with Gasteiger partial charge in [0, 0.05) is 24.8 Å². The first kappa shape index (κ1) is 15.2. The molecule has 0 amide bonds. The van der Waals surface area contributed by atoms with Crippen LogP contribution < -0.4 is 5.32 Å². The summed E-state index contributed by atoms with van der Waals surface area (Å²) < 4.78 is 0. The van der Waals surface area contributed by atoms with E-state index in [0.29, 0.717) is 12.1 Å². The fourth-order valence-corrected chi connectivity index (χ4v) is 1.80. The Morgan fingerprint density at radius 3 is 2.25 bits per heavy atom. The molecule has 3 nitrogen and oxygen atoms in total. The number of para-hydroxylation sites is 1. The van der Waals surface area contributed by atoms with Crippen LogP contribution in [0.1, 0.15) is 13.8 Å². The summed E-state index contributed by atoms with van der Waals surface area (Å²) in [6.07, 6.45) is 0. The van der Waals surface area contributed by atoms with Gasteiger partial charge in [-0.05, 0) is 26.0 Å². The van der Waals surface area contributed by atoms with Crippen molar-refractivity contribution in [2.24, 2.45) is 0 Å². The van der Waals surface area contributed by atoms with Gasteiger partial charge in [0.1, 0.15) is 0 Å². The number of hydrogen-bond donors (Lipinski definition) is 1. The average Bonchev–Trinajstić information content (AvgIpc) is 2.12. The summed E-state index contributed by atoms with van der Waals surface area (Å²) in [7, 11) is 0. The van der Waals surface area contributed by atoms with Crippen LogP contribution in [0.3, 0.4) is 0 Å². The van der Waals surface area contributed by atoms with E-state index in [1.165, 1.54) is 18.8 Å². The van der Waals surface area contributed by atoms with Gasteiger partial charge in [0.15, 0.2) is 0 Å². The summed E-state index contributed by atoms with van der Waals surface area (Å²) in [4.78, 5) is 2.47. The van der Waals surface area contributed by atoms with E-state index in [-0.39, 0.29) is 17.9 Å². The number of anilines is 1. The molecule has 1 saturated heterocycles. The first-order valence-electron chi connectivity index (χ1n) is 5.31. The van der Waals surface area contributed by atoms with Gasteiger partial charge in [-0.15, -0.1) is 12.4 Å². The molecular weight excluding hydrogens is 224 g/mol. The lowest BCUT2D eigenvalue weighted by Crippen LogP contribution is -2.57. The Balaban J connectivity index is 0.00000112. The van der Waals surface area contributed by atoms with Crippen molar-refractivity contribution in [3.63, 3.8) is 0 Å². The molecule has 3 N–H and O–H groups in total. The lowest BCUT2D eigenvalue weighted by molar-refractivity contribution is 0.122. The van der Waals surface area contributed by atoms with Gasteiger partial charge in [-0.25, -0.2) is 0 Å². The van der Waals surface area contributed by atoms with Gasteiger partial charge < -0.3 is 10.8 Å². The third kappa shape index (κ3) is 3.67. The van der Waals surface area contributed by atoms with Crippen molar-refractivity contribution in [1.82, 2.24) is 4.90 Å². The Labute approximate surface area is 104 Å². The molecule has 0 radical (unpaired) electrons. The van der Waals surface area contributed by atoms with E-state index in [1.54, 1.807) is 0 Å². The summed E-state index contributed by atoms with van der Waals surface area (Å²) in [6.45, 7) is 6.84. The molecule has 0 unspecified atom stereocenters. The molecule has 1 aliphatic rings. The summed E-state index contributed by atoms with van der Waals surface area (Å²) in [5.41, 5.74) is 1.24. The molecule has 0 saturated carbocycles. The van der Waals surface area contributed by atoms with Crippen LogP contribution in [0, 0.1) is 0 Å². The SMILES string of the molecule is CC(C)N1CC(Nc2ccccc2)C1.Cl.O. The fraction of sp³-hybridized carbons (Fsp3) is 0.500. The standard InChI is InChI=1S/C12H18N2.ClH.H2O/c1-10(2)14-8-12(9-14)13-11-6-4-3-5-7-11;;/h3-7,10,12-13H,8-9H2,1-2H3;1H;1H2. The third-order valence-corrected chi connectivity index (χ3v) is 2.78. The largest absolute Gasteiger partial charge is 0.412 e. The van der Waals surface area contributed by atoms with Crippen LogP contribution in [-0.4, -0.2) is 35.5 Å². The lowest BCUT2D eigenvalue weighted by Gasteiger charge is -2.42. The first-order valence-corrected chi connectivity index (χ1v) is 5.31. The molecule has 0 aromatic heterocycles. The molecule has 4 heteroatoms. The summed E-state index contributed by atoms with van der Waals surface area (Å²) in [5.74, 6) is 0. The van der Waals surface area contributed by atoms with Crippen molar-refractivity contribution >= 4 is 18.1 Å². The predicted octanol–water partition coefficient (Wildman–Crippen LogP) is 1.79. The molecule has 1 heterocycles. The molecule has 16 heavy (non-hydrogen) atoms. The number of hydrogen-bond acceptors (Lipinski definition) is 2. The molecule has 1 aromatic rings. The third-order valence-electron chi connectivity index (χ3n) is 2.78. The van der Waals surface area contributed by atoms with Crippen LogP contribution in [0.5, 0.6) is 0 Å². The lowest BCUT2D eigenvalue weighted by atomic mass is 10.1. The van der Waals surface area contributed by atoms with Gasteiger partial charge in [-0.3, -0.25) is 4.90 Å². The van der Waals surface area contributed by atoms with E-state index in [4.69, 9.17) is 0 Å². The topological polar surface area (TPSA) is 46.8 Å². The molecule has 0 aliphatic carbocycles. The smallest absolute Gasteiger partial charge is 0.0515 e. The molecule has 0 bridgehead atoms. The van der Waals surface area contributed by atoms with E-state index in [2.05, 4.69) is 48.3 Å². The van der Waals surface area contributed by atoms with Crippen LogP contribution in [0.15, 0.2) is 30.3 Å². The van der Waals surface area contributed by atoms with Crippen molar-refractivity contribution in [1.29, 1.82) is 0 Å². The van der Waals surface area contributed by atoms with E-state index in [9.17, 15) is 0 Å². The zero-order chi connectivity index (χ0) is 9.97. The molecule has 92 valence electrons. The zero-order valence-corrected chi connectivity index (χ0v) is 10.6. The minimum absolute atomic E-state index is 0. The van der Waals surface area contributed by atoms with Gasteiger partial charge in [0.25, 0.3) is 0 Å². The van der Waals surface area contributed by atoms with Gasteiger partial charge in [-0.1, -0.05) is 18.2 Å². The maximum absolute atomic E-state index is 3.52. The Morgan fingerprint density at radius 1 is 1.19 bits per heavy atom. The first-order chi connectivity index (χ1) is 6.75. The minimum atomic E-state index is 0. The fourth-order valence-electron chi connectivity index (χ4n) is 1.80. The highest BCUT2D eigenvalue weighted by molar-refractivity contribution is 5.85. The predicted molar refractivity (Wildman–Crippen MR) is 71.4 cm³/mol. The Bertz CT molecular complexity index is 286. The van der Waals surface area contributed by atoms with Crippen LogP contribution in [0.2, 0.25) is 0 Å². The summed E-state index contributed by atoms with van der Waals surface area (Å²) in [5, 5.41) is 3.52. The van der Waals surface area contributed by atoms with Crippen LogP contribution in [0.25, 0.3) is 0 Å². The average molecular weight is 245 g/mol. The van der Waals surface area contributed by atoms with Crippen LogP contribution in [0.4, 0.5) is 5.69 Å². The van der Waals surface area contributed by atoms with Gasteiger partial charge in [-0.2, -0.15) is 0 Å². The number of rotatable bonds is 3. The number of nitrogens with zero attached hydrogens (tertiary/aromatic N) is 1. The van der Waals surface area contributed by atoms with Crippen molar-refractivity contribution in [2.75, 3.05) is 18.4 Å². The van der Waals surface area contributed by atoms with E-state index in [0.717, 1.165) is 0 Å². The van der Waals surface area contributed by atoms with Crippen molar-refractivity contribution in [3.8, 4) is 0 Å². The zero-order valence-electron chi connectivity index (χ0n) is 9.81. The van der Waals surface area contributed by atoms with Crippen molar-refractivity contribution in [3.05, 3.63) is 30.3 Å². The maximum Gasteiger partial charge on any atom is 0.0515 e. The number of benzene rings is 1. The molecule has 0 atom stereocenters. The Morgan fingerprint density at radius 2 is 1.75 bits per heavy atom. The molecule has 1 aliphatic heterocycles. The second kappa shape index (κ2) is 6.74. The van der Waals surface area contributed by atoms with E-state index in [1.807, 2.05) is 6.07 Å². The van der Waals surface area contributed by atoms with E-state index >= 15 is 0 Å². The quantitative estimate of drug-likeness (QED) is 0.881. The van der Waals surface area contributed by atoms with Gasteiger partial charge in [0.2, 0.25) is 0 Å². The van der Waals surface area contributed by atoms with E-state index < -0.39 is 0 Å². The van der Waals surface area contributed by atoms with Crippen LogP contribution >= 0.6 is 12.4 Å². The monoisotopic (exact) mass is 244 g/mol. The molecule has 2 rings (SSSR count). The normalized spacial score (nSPS) is 15.9. The van der Waals surface area contributed by atoms with Crippen molar-refractivity contribution in [2.45, 2.75) is 25.9 Å². The van der Waals surface area contributed by atoms with Crippen LogP contribution in [-0.2, 0) is 0 Å².